The number of amides is 1. The molecule has 0 aliphatic carbocycles. The van der Waals surface area contributed by atoms with Crippen LogP contribution >= 0.6 is 11.3 Å². The third-order valence-electron chi connectivity index (χ3n) is 2.57. The zero-order chi connectivity index (χ0) is 13.9. The Morgan fingerprint density at radius 3 is 2.61 bits per heavy atom. The molecule has 5 nitrogen and oxygen atoms in total. The number of carbonyl (C=O) groups excluding carboxylic acids is 1. The third kappa shape index (κ3) is 3.30. The van der Waals surface area contributed by atoms with E-state index in [1.54, 1.807) is 0 Å². The van der Waals surface area contributed by atoms with Gasteiger partial charge in [0.1, 0.15) is 0 Å². The van der Waals surface area contributed by atoms with Crippen LogP contribution in [0.15, 0.2) is 16.3 Å². The molecule has 1 heterocycles. The Morgan fingerprint density at radius 1 is 1.50 bits per heavy atom. The van der Waals surface area contributed by atoms with Gasteiger partial charge in [-0.2, -0.15) is 0 Å². The van der Waals surface area contributed by atoms with Gasteiger partial charge >= 0.3 is 0 Å². The fraction of sp³-hybridized carbons (Fsp3) is 0.545. The Bertz CT molecular complexity index is 520. The van der Waals surface area contributed by atoms with Crippen molar-refractivity contribution in [3.63, 3.8) is 0 Å². The predicted octanol–water partition coefficient (Wildman–Crippen LogP) is 1.53. The molecule has 0 saturated carbocycles. The molecule has 1 aromatic rings. The lowest BCUT2D eigenvalue weighted by atomic mass is 10.2. The van der Waals surface area contributed by atoms with Gasteiger partial charge < -0.3 is 5.32 Å². The maximum absolute atomic E-state index is 11.8. The summed E-state index contributed by atoms with van der Waals surface area (Å²) >= 11 is 1.14. The van der Waals surface area contributed by atoms with E-state index in [1.165, 1.54) is 25.5 Å². The maximum Gasteiger partial charge on any atom is 0.261 e. The largest absolute Gasteiger partial charge is 0.349 e. The summed E-state index contributed by atoms with van der Waals surface area (Å²) in [4.78, 5) is 12.4. The number of rotatable bonds is 5. The van der Waals surface area contributed by atoms with E-state index in [2.05, 4.69) is 5.32 Å². The average Bonchev–Trinajstić information content (AvgIpc) is 2.78. The van der Waals surface area contributed by atoms with Gasteiger partial charge in [-0.05, 0) is 19.4 Å². The second-order valence-electron chi connectivity index (χ2n) is 4.22. The van der Waals surface area contributed by atoms with Crippen molar-refractivity contribution in [2.45, 2.75) is 31.2 Å². The highest BCUT2D eigenvalue weighted by Gasteiger charge is 2.21. The summed E-state index contributed by atoms with van der Waals surface area (Å²) in [5, 5.41) is 4.29. The summed E-state index contributed by atoms with van der Waals surface area (Å²) in [5.74, 6) is -0.227. The van der Waals surface area contributed by atoms with Crippen molar-refractivity contribution < 1.29 is 13.2 Å². The molecule has 0 aromatic carbocycles. The second-order valence-corrected chi connectivity index (χ2v) is 7.28. The fourth-order valence-corrected chi connectivity index (χ4v) is 3.25. The fourth-order valence-electron chi connectivity index (χ4n) is 1.18. The van der Waals surface area contributed by atoms with Gasteiger partial charge in [0, 0.05) is 25.5 Å². The minimum Gasteiger partial charge on any atom is -0.349 e. The maximum atomic E-state index is 11.8. The first-order valence-corrected chi connectivity index (χ1v) is 7.93. The van der Waals surface area contributed by atoms with Crippen LogP contribution in [-0.2, 0) is 10.0 Å². The number of carbonyl (C=O) groups is 1. The Kier molecular flexibility index (Phi) is 4.89. The SMILES string of the molecule is CC[C@@H](C)NC(=O)c1cc(S(=O)(=O)N(C)C)cs1. The molecule has 0 unspecified atom stereocenters. The molecular weight excluding hydrogens is 272 g/mol. The van der Waals surface area contributed by atoms with E-state index in [0.29, 0.717) is 4.88 Å². The quantitative estimate of drug-likeness (QED) is 0.894. The molecular formula is C11H18N2O3S2. The summed E-state index contributed by atoms with van der Waals surface area (Å²) in [5.41, 5.74) is 0. The number of hydrogen-bond donors (Lipinski definition) is 1. The molecule has 1 amide bonds. The van der Waals surface area contributed by atoms with Gasteiger partial charge in [0.25, 0.3) is 5.91 Å². The first kappa shape index (κ1) is 15.1. The summed E-state index contributed by atoms with van der Waals surface area (Å²) < 4.78 is 24.8. The first-order valence-electron chi connectivity index (χ1n) is 5.61. The lowest BCUT2D eigenvalue weighted by Crippen LogP contribution is -2.31. The number of nitrogens with one attached hydrogen (secondary N) is 1. The van der Waals surface area contributed by atoms with Crippen molar-refractivity contribution >= 4 is 27.3 Å². The molecule has 0 radical (unpaired) electrons. The molecule has 1 atom stereocenters. The highest BCUT2D eigenvalue weighted by atomic mass is 32.2. The van der Waals surface area contributed by atoms with Crippen molar-refractivity contribution in [3.8, 4) is 0 Å². The van der Waals surface area contributed by atoms with Crippen molar-refractivity contribution in [1.29, 1.82) is 0 Å². The number of sulfonamides is 1. The number of thiophene rings is 1. The summed E-state index contributed by atoms with van der Waals surface area (Å²) in [6.45, 7) is 3.88. The van der Waals surface area contributed by atoms with E-state index in [-0.39, 0.29) is 16.8 Å². The Hall–Kier alpha value is -0.920. The van der Waals surface area contributed by atoms with Crippen LogP contribution < -0.4 is 5.32 Å². The van der Waals surface area contributed by atoms with Crippen LogP contribution in [0.5, 0.6) is 0 Å². The minimum absolute atomic E-state index is 0.0773. The minimum atomic E-state index is -3.46. The molecule has 18 heavy (non-hydrogen) atoms. The molecule has 0 saturated heterocycles. The molecule has 0 fully saturated rings. The van der Waals surface area contributed by atoms with Crippen LogP contribution in [0.2, 0.25) is 0 Å². The van der Waals surface area contributed by atoms with E-state index in [4.69, 9.17) is 0 Å². The highest BCUT2D eigenvalue weighted by Crippen LogP contribution is 2.21. The van der Waals surface area contributed by atoms with Crippen LogP contribution in [-0.4, -0.2) is 38.8 Å². The summed E-state index contributed by atoms with van der Waals surface area (Å²) in [7, 11) is -0.531. The lowest BCUT2D eigenvalue weighted by Gasteiger charge is -2.10. The molecule has 1 aromatic heterocycles. The topological polar surface area (TPSA) is 66.5 Å². The third-order valence-corrected chi connectivity index (χ3v) is 5.44. The van der Waals surface area contributed by atoms with Gasteiger partial charge in [-0.15, -0.1) is 11.3 Å². The molecule has 1 rings (SSSR count). The second kappa shape index (κ2) is 5.81. The van der Waals surface area contributed by atoms with E-state index >= 15 is 0 Å². The van der Waals surface area contributed by atoms with Crippen LogP contribution in [0, 0.1) is 0 Å². The van der Waals surface area contributed by atoms with Gasteiger partial charge in [-0.3, -0.25) is 4.79 Å². The monoisotopic (exact) mass is 290 g/mol. The molecule has 102 valence electrons. The van der Waals surface area contributed by atoms with Gasteiger partial charge in [0.15, 0.2) is 0 Å². The summed E-state index contributed by atoms with van der Waals surface area (Å²) in [6.07, 6.45) is 0.833. The van der Waals surface area contributed by atoms with Crippen molar-refractivity contribution in [1.82, 2.24) is 9.62 Å². The smallest absolute Gasteiger partial charge is 0.261 e. The van der Waals surface area contributed by atoms with Gasteiger partial charge in [-0.1, -0.05) is 6.92 Å². The predicted molar refractivity (Wildman–Crippen MR) is 72.4 cm³/mol. The van der Waals surface area contributed by atoms with Gasteiger partial charge in [-0.25, -0.2) is 12.7 Å². The summed E-state index contributed by atoms with van der Waals surface area (Å²) in [6, 6.07) is 1.49. The first-order chi connectivity index (χ1) is 8.28. The lowest BCUT2D eigenvalue weighted by molar-refractivity contribution is 0.0943. The number of nitrogens with zero attached hydrogens (tertiary/aromatic N) is 1. The van der Waals surface area contributed by atoms with E-state index < -0.39 is 10.0 Å². The Morgan fingerprint density at radius 2 is 2.11 bits per heavy atom. The normalized spacial score (nSPS) is 13.6. The van der Waals surface area contributed by atoms with Gasteiger partial charge in [0.05, 0.1) is 9.77 Å². The van der Waals surface area contributed by atoms with E-state index in [1.807, 2.05) is 13.8 Å². The van der Waals surface area contributed by atoms with Crippen molar-refractivity contribution in [3.05, 3.63) is 16.3 Å². The van der Waals surface area contributed by atoms with Crippen LogP contribution in [0.4, 0.5) is 0 Å². The van der Waals surface area contributed by atoms with Crippen molar-refractivity contribution in [2.75, 3.05) is 14.1 Å². The molecule has 0 spiro atoms. The molecule has 7 heteroatoms. The Balaban J connectivity index is 2.91. The molecule has 0 bridgehead atoms. The standard InChI is InChI=1S/C11H18N2O3S2/c1-5-8(2)12-11(14)10-6-9(7-17-10)18(15,16)13(3)4/h6-8H,5H2,1-4H3,(H,12,14)/t8-/m1/s1. The average molecular weight is 290 g/mol. The zero-order valence-corrected chi connectivity index (χ0v) is 12.6. The zero-order valence-electron chi connectivity index (χ0n) is 10.9. The van der Waals surface area contributed by atoms with Crippen LogP contribution in [0.1, 0.15) is 29.9 Å². The molecule has 1 N–H and O–H groups in total. The molecule has 0 aliphatic heterocycles. The van der Waals surface area contributed by atoms with Crippen molar-refractivity contribution in [2.24, 2.45) is 0 Å². The van der Waals surface area contributed by atoms with Crippen LogP contribution in [0.3, 0.4) is 0 Å². The van der Waals surface area contributed by atoms with Gasteiger partial charge in [0.2, 0.25) is 10.0 Å². The molecule has 0 aliphatic rings. The Labute approximate surface area is 112 Å². The van der Waals surface area contributed by atoms with Crippen LogP contribution in [0.25, 0.3) is 0 Å². The van der Waals surface area contributed by atoms with E-state index in [9.17, 15) is 13.2 Å². The van der Waals surface area contributed by atoms with E-state index in [0.717, 1.165) is 22.1 Å². The highest BCUT2D eigenvalue weighted by molar-refractivity contribution is 7.89. The number of hydrogen-bond acceptors (Lipinski definition) is 4.